The lowest BCUT2D eigenvalue weighted by Crippen LogP contribution is -2.24. The largest absolute Gasteiger partial charge is 0.379 e. The highest BCUT2D eigenvalue weighted by Gasteiger charge is 2.08. The Morgan fingerprint density at radius 2 is 1.24 bits per heavy atom. The maximum Gasteiger partial charge on any atom is 0.0701 e. The predicted molar refractivity (Wildman–Crippen MR) is 88.9 cm³/mol. The highest BCUT2D eigenvalue weighted by atomic mass is 16.5. The molecular weight excluding hydrogens is 266 g/mol. The van der Waals surface area contributed by atoms with Crippen LogP contribution < -0.4 is 5.32 Å². The van der Waals surface area contributed by atoms with E-state index in [1.165, 1.54) is 6.42 Å². The molecule has 1 N–H and O–H groups in total. The summed E-state index contributed by atoms with van der Waals surface area (Å²) in [5.74, 6) is 0. The molecule has 0 bridgehead atoms. The van der Waals surface area contributed by atoms with Gasteiger partial charge in [0.15, 0.2) is 0 Å². The Hall–Kier alpha value is -0.160. The predicted octanol–water partition coefficient (Wildman–Crippen LogP) is 3.25. The monoisotopic (exact) mass is 303 g/mol. The summed E-state index contributed by atoms with van der Waals surface area (Å²) in [6.45, 7) is 16.4. The standard InChI is InChI=1S/C17H37NO3/c1-16(2)18-9-7-11-20-13-15-21-14-12-19-10-6-8-17(3,4)5/h16,18H,6-15H2,1-5H3. The third-order valence-corrected chi connectivity index (χ3v) is 2.98. The fourth-order valence-electron chi connectivity index (χ4n) is 1.81. The molecule has 0 fully saturated rings. The van der Waals surface area contributed by atoms with E-state index in [-0.39, 0.29) is 0 Å². The molecule has 0 aliphatic carbocycles. The zero-order valence-corrected chi connectivity index (χ0v) is 14.9. The maximum absolute atomic E-state index is 5.54. The van der Waals surface area contributed by atoms with Crippen LogP contribution in [0, 0.1) is 5.41 Å². The minimum Gasteiger partial charge on any atom is -0.379 e. The minimum atomic E-state index is 0.405. The molecule has 0 aromatic rings. The number of nitrogens with one attached hydrogen (secondary N) is 1. The van der Waals surface area contributed by atoms with Crippen LogP contribution in [0.2, 0.25) is 0 Å². The Kier molecular flexibility index (Phi) is 13.4. The average molecular weight is 303 g/mol. The molecule has 0 aromatic carbocycles. The molecule has 4 heteroatoms. The van der Waals surface area contributed by atoms with Gasteiger partial charge in [0.05, 0.1) is 26.4 Å². The van der Waals surface area contributed by atoms with Crippen LogP contribution in [0.25, 0.3) is 0 Å². The van der Waals surface area contributed by atoms with Gasteiger partial charge in [-0.1, -0.05) is 34.6 Å². The van der Waals surface area contributed by atoms with Crippen LogP contribution in [0.15, 0.2) is 0 Å². The summed E-state index contributed by atoms with van der Waals surface area (Å²) < 4.78 is 16.5. The summed E-state index contributed by atoms with van der Waals surface area (Å²) in [6, 6.07) is 0.553. The van der Waals surface area contributed by atoms with Gasteiger partial charge in [0.25, 0.3) is 0 Å². The average Bonchev–Trinajstić information content (AvgIpc) is 2.37. The highest BCUT2D eigenvalue weighted by molar-refractivity contribution is 4.60. The van der Waals surface area contributed by atoms with Crippen molar-refractivity contribution in [2.24, 2.45) is 5.41 Å². The Bertz CT molecular complexity index is 215. The zero-order chi connectivity index (χ0) is 16.0. The first-order valence-electron chi connectivity index (χ1n) is 8.38. The van der Waals surface area contributed by atoms with E-state index in [1.807, 2.05) is 0 Å². The lowest BCUT2D eigenvalue weighted by atomic mass is 9.91. The molecule has 0 atom stereocenters. The fraction of sp³-hybridized carbons (Fsp3) is 1.00. The van der Waals surface area contributed by atoms with E-state index in [0.29, 0.717) is 37.9 Å². The van der Waals surface area contributed by atoms with Gasteiger partial charge >= 0.3 is 0 Å². The van der Waals surface area contributed by atoms with Gasteiger partial charge in [0.1, 0.15) is 0 Å². The topological polar surface area (TPSA) is 39.7 Å². The number of hydrogen-bond acceptors (Lipinski definition) is 4. The number of hydrogen-bond donors (Lipinski definition) is 1. The molecule has 0 aliphatic heterocycles. The molecule has 0 aromatic heterocycles. The van der Waals surface area contributed by atoms with Gasteiger partial charge in [0, 0.05) is 19.3 Å². The zero-order valence-electron chi connectivity index (χ0n) is 14.9. The normalized spacial score (nSPS) is 12.3. The summed E-state index contributed by atoms with van der Waals surface area (Å²) in [7, 11) is 0. The van der Waals surface area contributed by atoms with E-state index < -0.39 is 0 Å². The van der Waals surface area contributed by atoms with Crippen molar-refractivity contribution in [2.45, 2.75) is 59.9 Å². The van der Waals surface area contributed by atoms with Crippen molar-refractivity contribution in [2.75, 3.05) is 46.2 Å². The fourth-order valence-corrected chi connectivity index (χ4v) is 1.81. The molecular formula is C17H37NO3. The Balaban J connectivity index is 3.03. The van der Waals surface area contributed by atoms with Crippen molar-refractivity contribution in [3.05, 3.63) is 0 Å². The van der Waals surface area contributed by atoms with Crippen LogP contribution >= 0.6 is 0 Å². The van der Waals surface area contributed by atoms with E-state index in [2.05, 4.69) is 39.9 Å². The number of rotatable bonds is 14. The molecule has 0 saturated heterocycles. The SMILES string of the molecule is CC(C)NCCCOCCOCCOCCCC(C)(C)C. The van der Waals surface area contributed by atoms with Gasteiger partial charge in [-0.05, 0) is 31.2 Å². The Morgan fingerprint density at radius 1 is 0.762 bits per heavy atom. The van der Waals surface area contributed by atoms with Gasteiger partial charge in [-0.3, -0.25) is 0 Å². The first-order chi connectivity index (χ1) is 9.92. The molecule has 0 radical (unpaired) electrons. The molecule has 0 rings (SSSR count). The first kappa shape index (κ1) is 20.8. The molecule has 0 aliphatic rings. The van der Waals surface area contributed by atoms with Gasteiger partial charge in [0.2, 0.25) is 0 Å². The molecule has 0 heterocycles. The lowest BCUT2D eigenvalue weighted by molar-refractivity contribution is 0.0126. The van der Waals surface area contributed by atoms with Gasteiger partial charge in [-0.25, -0.2) is 0 Å². The smallest absolute Gasteiger partial charge is 0.0701 e. The van der Waals surface area contributed by atoms with Crippen molar-refractivity contribution < 1.29 is 14.2 Å². The van der Waals surface area contributed by atoms with Gasteiger partial charge in [-0.2, -0.15) is 0 Å². The van der Waals surface area contributed by atoms with Gasteiger partial charge < -0.3 is 19.5 Å². The van der Waals surface area contributed by atoms with E-state index in [9.17, 15) is 0 Å². The van der Waals surface area contributed by atoms with Crippen molar-refractivity contribution in [1.29, 1.82) is 0 Å². The van der Waals surface area contributed by atoms with E-state index >= 15 is 0 Å². The van der Waals surface area contributed by atoms with Crippen LogP contribution in [0.1, 0.15) is 53.9 Å². The molecule has 0 saturated carbocycles. The van der Waals surface area contributed by atoms with E-state index in [1.54, 1.807) is 0 Å². The minimum absolute atomic E-state index is 0.405. The summed E-state index contributed by atoms with van der Waals surface area (Å²) in [4.78, 5) is 0. The third kappa shape index (κ3) is 19.8. The summed E-state index contributed by atoms with van der Waals surface area (Å²) in [5, 5.41) is 3.36. The summed E-state index contributed by atoms with van der Waals surface area (Å²) >= 11 is 0. The van der Waals surface area contributed by atoms with Crippen LogP contribution in [0.5, 0.6) is 0 Å². The number of ether oxygens (including phenoxy) is 3. The second-order valence-corrected chi connectivity index (χ2v) is 6.96. The quantitative estimate of drug-likeness (QED) is 0.500. The first-order valence-corrected chi connectivity index (χ1v) is 8.38. The maximum atomic E-state index is 5.54. The molecule has 4 nitrogen and oxygen atoms in total. The second-order valence-electron chi connectivity index (χ2n) is 6.96. The Morgan fingerprint density at radius 3 is 1.71 bits per heavy atom. The molecule has 128 valence electrons. The van der Waals surface area contributed by atoms with Crippen LogP contribution in [-0.2, 0) is 14.2 Å². The Labute approximate surface area is 131 Å². The molecule has 0 amide bonds. The van der Waals surface area contributed by atoms with E-state index in [4.69, 9.17) is 14.2 Å². The molecule has 21 heavy (non-hydrogen) atoms. The summed E-state index contributed by atoms with van der Waals surface area (Å²) in [5.41, 5.74) is 0.405. The molecule has 0 unspecified atom stereocenters. The van der Waals surface area contributed by atoms with Crippen molar-refractivity contribution in [3.63, 3.8) is 0 Å². The third-order valence-electron chi connectivity index (χ3n) is 2.98. The van der Waals surface area contributed by atoms with Crippen molar-refractivity contribution in [3.8, 4) is 0 Å². The van der Waals surface area contributed by atoms with Crippen molar-refractivity contribution >= 4 is 0 Å². The lowest BCUT2D eigenvalue weighted by Gasteiger charge is -2.17. The summed E-state index contributed by atoms with van der Waals surface area (Å²) in [6.07, 6.45) is 3.37. The highest BCUT2D eigenvalue weighted by Crippen LogP contribution is 2.20. The second kappa shape index (κ2) is 13.5. The molecule has 0 spiro atoms. The van der Waals surface area contributed by atoms with Gasteiger partial charge in [-0.15, -0.1) is 0 Å². The van der Waals surface area contributed by atoms with Crippen LogP contribution in [-0.4, -0.2) is 52.2 Å². The van der Waals surface area contributed by atoms with Crippen molar-refractivity contribution in [1.82, 2.24) is 5.32 Å². The van der Waals surface area contributed by atoms with Crippen LogP contribution in [0.4, 0.5) is 0 Å². The van der Waals surface area contributed by atoms with Crippen LogP contribution in [0.3, 0.4) is 0 Å². The van der Waals surface area contributed by atoms with E-state index in [0.717, 1.165) is 32.6 Å².